The number of aromatic nitrogens is 1. The third-order valence-corrected chi connectivity index (χ3v) is 2.46. The molecule has 0 amide bonds. The maximum absolute atomic E-state index is 9.89. The summed E-state index contributed by atoms with van der Waals surface area (Å²) in [6, 6.07) is 7.18. The number of pyridine rings is 1. The minimum absolute atomic E-state index is 0.0874. The molecule has 92 valence electrons. The fraction of sp³-hybridized carbons (Fsp3) is 0.143. The summed E-state index contributed by atoms with van der Waals surface area (Å²) in [5.74, 6) is 0.519. The molecule has 4 heteroatoms. The molecule has 0 aliphatic rings. The number of rotatable bonds is 3. The van der Waals surface area contributed by atoms with Gasteiger partial charge in [-0.1, -0.05) is 6.07 Å². The summed E-state index contributed by atoms with van der Waals surface area (Å²) >= 11 is 0. The van der Waals surface area contributed by atoms with E-state index in [0.29, 0.717) is 11.3 Å². The Kier molecular flexibility index (Phi) is 3.57. The smallest absolute Gasteiger partial charge is 0.166 e. The van der Waals surface area contributed by atoms with Gasteiger partial charge in [0.2, 0.25) is 0 Å². The molecule has 0 unspecified atom stereocenters. The lowest BCUT2D eigenvalue weighted by molar-refractivity contribution is 0.373. The Bertz CT molecular complexity index is 580. The number of ether oxygens (including phenoxy) is 1. The zero-order chi connectivity index (χ0) is 13.0. The van der Waals surface area contributed by atoms with Gasteiger partial charge in [0.05, 0.1) is 19.0 Å². The van der Waals surface area contributed by atoms with Crippen molar-refractivity contribution in [2.45, 2.75) is 6.92 Å². The molecule has 0 aliphatic carbocycles. The zero-order valence-electron chi connectivity index (χ0n) is 10.3. The Morgan fingerprint density at radius 1 is 1.33 bits per heavy atom. The molecule has 2 rings (SSSR count). The van der Waals surface area contributed by atoms with Crippen molar-refractivity contribution in [1.82, 2.24) is 4.98 Å². The highest BCUT2D eigenvalue weighted by Gasteiger charge is 2.04. The Morgan fingerprint density at radius 2 is 2.17 bits per heavy atom. The second-order valence-electron chi connectivity index (χ2n) is 3.88. The minimum Gasteiger partial charge on any atom is -0.504 e. The van der Waals surface area contributed by atoms with Crippen molar-refractivity contribution in [2.75, 3.05) is 7.11 Å². The molecule has 0 bridgehead atoms. The lowest BCUT2D eigenvalue weighted by atomic mass is 10.2. The second-order valence-corrected chi connectivity index (χ2v) is 3.88. The average molecular weight is 242 g/mol. The van der Waals surface area contributed by atoms with E-state index in [4.69, 9.17) is 4.74 Å². The first kappa shape index (κ1) is 12.1. The number of aliphatic imine (C=N–C) groups is 1. The van der Waals surface area contributed by atoms with Crippen LogP contribution in [-0.2, 0) is 0 Å². The first-order valence-electron chi connectivity index (χ1n) is 5.52. The summed E-state index contributed by atoms with van der Waals surface area (Å²) in [7, 11) is 1.51. The van der Waals surface area contributed by atoms with Crippen LogP contribution < -0.4 is 4.74 Å². The van der Waals surface area contributed by atoms with E-state index in [2.05, 4.69) is 9.98 Å². The standard InChI is InChI=1S/C14H14N2O2/c1-10-6-12(9-15-7-10)16-8-11-4-3-5-13(18-2)14(11)17/h3-9,17H,1-2H3. The Morgan fingerprint density at radius 3 is 2.89 bits per heavy atom. The molecule has 1 heterocycles. The largest absolute Gasteiger partial charge is 0.504 e. The van der Waals surface area contributed by atoms with E-state index in [9.17, 15) is 5.11 Å². The highest BCUT2D eigenvalue weighted by molar-refractivity contribution is 5.86. The van der Waals surface area contributed by atoms with Gasteiger partial charge in [0.1, 0.15) is 0 Å². The third-order valence-electron chi connectivity index (χ3n) is 2.46. The van der Waals surface area contributed by atoms with Crippen LogP contribution in [0.25, 0.3) is 0 Å². The van der Waals surface area contributed by atoms with E-state index in [1.807, 2.05) is 13.0 Å². The van der Waals surface area contributed by atoms with E-state index in [0.717, 1.165) is 11.3 Å². The van der Waals surface area contributed by atoms with Crippen molar-refractivity contribution in [2.24, 2.45) is 4.99 Å². The van der Waals surface area contributed by atoms with Crippen molar-refractivity contribution in [1.29, 1.82) is 0 Å². The molecule has 0 saturated heterocycles. The monoisotopic (exact) mass is 242 g/mol. The number of benzene rings is 1. The molecule has 1 aromatic heterocycles. The van der Waals surface area contributed by atoms with Gasteiger partial charge in [0.15, 0.2) is 11.5 Å². The number of phenolic OH excluding ortho intramolecular Hbond substituents is 1. The molecule has 0 aliphatic heterocycles. The molecule has 4 nitrogen and oxygen atoms in total. The summed E-state index contributed by atoms with van der Waals surface area (Å²) < 4.78 is 5.03. The minimum atomic E-state index is 0.0874. The number of aromatic hydroxyl groups is 1. The van der Waals surface area contributed by atoms with Gasteiger partial charge in [0.25, 0.3) is 0 Å². The quantitative estimate of drug-likeness (QED) is 0.842. The van der Waals surface area contributed by atoms with Crippen molar-refractivity contribution in [3.8, 4) is 11.5 Å². The van der Waals surface area contributed by atoms with Crippen LogP contribution >= 0.6 is 0 Å². The maximum atomic E-state index is 9.89. The summed E-state index contributed by atoms with van der Waals surface area (Å²) in [5, 5.41) is 9.89. The normalized spacial score (nSPS) is 10.8. The van der Waals surface area contributed by atoms with Crippen molar-refractivity contribution in [3.63, 3.8) is 0 Å². The van der Waals surface area contributed by atoms with Gasteiger partial charge < -0.3 is 9.84 Å². The van der Waals surface area contributed by atoms with E-state index >= 15 is 0 Å². The Hall–Kier alpha value is -2.36. The Labute approximate surface area is 106 Å². The van der Waals surface area contributed by atoms with Crippen LogP contribution in [0.3, 0.4) is 0 Å². The topological polar surface area (TPSA) is 54.7 Å². The Balaban J connectivity index is 2.29. The number of methoxy groups -OCH3 is 1. The number of aryl methyl sites for hydroxylation is 1. The average Bonchev–Trinajstić information content (AvgIpc) is 2.38. The van der Waals surface area contributed by atoms with Gasteiger partial charge in [-0.05, 0) is 30.7 Å². The van der Waals surface area contributed by atoms with E-state index in [-0.39, 0.29) is 5.75 Å². The molecule has 2 aromatic rings. The summed E-state index contributed by atoms with van der Waals surface area (Å²) in [4.78, 5) is 8.32. The molecule has 0 atom stereocenters. The van der Waals surface area contributed by atoms with Crippen LogP contribution in [0.5, 0.6) is 11.5 Å². The fourth-order valence-corrected chi connectivity index (χ4v) is 1.56. The lowest BCUT2D eigenvalue weighted by Crippen LogP contribution is -1.88. The van der Waals surface area contributed by atoms with Crippen LogP contribution in [0.15, 0.2) is 41.7 Å². The first-order chi connectivity index (χ1) is 8.70. The fourth-order valence-electron chi connectivity index (χ4n) is 1.56. The highest BCUT2D eigenvalue weighted by Crippen LogP contribution is 2.28. The van der Waals surface area contributed by atoms with Gasteiger partial charge >= 0.3 is 0 Å². The summed E-state index contributed by atoms with van der Waals surface area (Å²) in [5.41, 5.74) is 2.40. The number of hydrogen-bond donors (Lipinski definition) is 1. The predicted octanol–water partition coefficient (Wildman–Crippen LogP) is 2.85. The molecule has 1 N–H and O–H groups in total. The molecular weight excluding hydrogens is 228 g/mol. The highest BCUT2D eigenvalue weighted by atomic mass is 16.5. The van der Waals surface area contributed by atoms with Crippen LogP contribution in [0.1, 0.15) is 11.1 Å². The van der Waals surface area contributed by atoms with E-state index < -0.39 is 0 Å². The van der Waals surface area contributed by atoms with Crippen LogP contribution in [-0.4, -0.2) is 23.4 Å². The third kappa shape index (κ3) is 2.66. The van der Waals surface area contributed by atoms with Gasteiger partial charge in [-0.25, -0.2) is 0 Å². The van der Waals surface area contributed by atoms with E-state index in [1.54, 1.807) is 36.8 Å². The number of hydrogen-bond acceptors (Lipinski definition) is 4. The molecule has 0 radical (unpaired) electrons. The van der Waals surface area contributed by atoms with E-state index in [1.165, 1.54) is 7.11 Å². The molecule has 0 spiro atoms. The number of nitrogens with zero attached hydrogens (tertiary/aromatic N) is 2. The summed E-state index contributed by atoms with van der Waals surface area (Å²) in [6.45, 7) is 1.95. The summed E-state index contributed by atoms with van der Waals surface area (Å²) in [6.07, 6.45) is 5.02. The first-order valence-corrected chi connectivity index (χ1v) is 5.52. The van der Waals surface area contributed by atoms with Crippen molar-refractivity contribution >= 4 is 11.9 Å². The van der Waals surface area contributed by atoms with Crippen molar-refractivity contribution in [3.05, 3.63) is 47.8 Å². The van der Waals surface area contributed by atoms with Gasteiger partial charge in [0, 0.05) is 18.0 Å². The molecular formula is C14H14N2O2. The van der Waals surface area contributed by atoms with Gasteiger partial charge in [-0.2, -0.15) is 0 Å². The van der Waals surface area contributed by atoms with Crippen LogP contribution in [0.4, 0.5) is 5.69 Å². The number of phenols is 1. The van der Waals surface area contributed by atoms with Gasteiger partial charge in [-0.3, -0.25) is 9.98 Å². The van der Waals surface area contributed by atoms with Crippen molar-refractivity contribution < 1.29 is 9.84 Å². The predicted molar refractivity (Wildman–Crippen MR) is 70.9 cm³/mol. The maximum Gasteiger partial charge on any atom is 0.166 e. The zero-order valence-corrected chi connectivity index (χ0v) is 10.3. The molecule has 18 heavy (non-hydrogen) atoms. The van der Waals surface area contributed by atoms with Crippen LogP contribution in [0.2, 0.25) is 0 Å². The second kappa shape index (κ2) is 5.31. The van der Waals surface area contributed by atoms with Crippen LogP contribution in [0, 0.1) is 6.92 Å². The molecule has 1 aromatic carbocycles. The van der Waals surface area contributed by atoms with Gasteiger partial charge in [-0.15, -0.1) is 0 Å². The molecule has 0 fully saturated rings. The SMILES string of the molecule is COc1cccc(C=Nc2cncc(C)c2)c1O. The molecule has 0 saturated carbocycles. The number of para-hydroxylation sites is 1. The lowest BCUT2D eigenvalue weighted by Gasteiger charge is -2.04.